The van der Waals surface area contributed by atoms with Crippen LogP contribution < -0.4 is 15.4 Å². The Morgan fingerprint density at radius 2 is 2.09 bits per heavy atom. The quantitative estimate of drug-likeness (QED) is 0.852. The maximum absolute atomic E-state index is 12.6. The van der Waals surface area contributed by atoms with Crippen LogP contribution in [-0.2, 0) is 9.59 Å². The van der Waals surface area contributed by atoms with Crippen LogP contribution in [0.15, 0.2) is 24.3 Å². The van der Waals surface area contributed by atoms with Crippen molar-refractivity contribution in [1.29, 1.82) is 0 Å². The minimum atomic E-state index is -0.326. The zero-order valence-corrected chi connectivity index (χ0v) is 14.0. The van der Waals surface area contributed by atoms with Crippen LogP contribution in [0.5, 0.6) is 5.75 Å². The van der Waals surface area contributed by atoms with E-state index in [4.69, 9.17) is 4.74 Å². The Morgan fingerprint density at radius 3 is 2.65 bits per heavy atom. The van der Waals surface area contributed by atoms with E-state index >= 15 is 0 Å². The number of methoxy groups -OCH3 is 1. The lowest BCUT2D eigenvalue weighted by Crippen LogP contribution is -2.52. The predicted octanol–water partition coefficient (Wildman–Crippen LogP) is 1.08. The van der Waals surface area contributed by atoms with Crippen molar-refractivity contribution in [2.75, 3.05) is 26.7 Å². The van der Waals surface area contributed by atoms with Gasteiger partial charge in [0.05, 0.1) is 19.6 Å². The number of carbonyl (C=O) groups excluding carboxylic acids is 2. The summed E-state index contributed by atoms with van der Waals surface area (Å²) < 4.78 is 5.15. The number of benzene rings is 1. The van der Waals surface area contributed by atoms with E-state index in [1.165, 1.54) is 6.92 Å². The lowest BCUT2D eigenvalue weighted by Gasteiger charge is -2.35. The summed E-state index contributed by atoms with van der Waals surface area (Å²) in [7, 11) is 1.61. The number of hydrogen-bond donors (Lipinski definition) is 2. The lowest BCUT2D eigenvalue weighted by molar-refractivity contribution is -0.134. The molecule has 1 aromatic rings. The Labute approximate surface area is 137 Å². The molecular formula is C17H25N3O3. The van der Waals surface area contributed by atoms with Gasteiger partial charge in [-0.25, -0.2) is 0 Å². The van der Waals surface area contributed by atoms with Crippen molar-refractivity contribution in [3.8, 4) is 5.75 Å². The van der Waals surface area contributed by atoms with E-state index in [1.807, 2.05) is 36.1 Å². The molecule has 0 aromatic heterocycles. The van der Waals surface area contributed by atoms with Crippen LogP contribution in [0.4, 0.5) is 0 Å². The number of nitrogens with one attached hydrogen (secondary N) is 2. The van der Waals surface area contributed by atoms with Crippen molar-refractivity contribution < 1.29 is 14.3 Å². The predicted molar refractivity (Wildman–Crippen MR) is 88.2 cm³/mol. The summed E-state index contributed by atoms with van der Waals surface area (Å²) in [5.41, 5.74) is 0.900. The van der Waals surface area contributed by atoms with Crippen molar-refractivity contribution >= 4 is 11.8 Å². The van der Waals surface area contributed by atoms with Gasteiger partial charge in [-0.3, -0.25) is 9.59 Å². The molecule has 0 aliphatic carbocycles. The van der Waals surface area contributed by atoms with E-state index < -0.39 is 0 Å². The third kappa shape index (κ3) is 4.69. The summed E-state index contributed by atoms with van der Waals surface area (Å²) in [5.74, 6) is 0.665. The fraction of sp³-hybridized carbons (Fsp3) is 0.529. The fourth-order valence-corrected chi connectivity index (χ4v) is 2.84. The largest absolute Gasteiger partial charge is 0.497 e. The van der Waals surface area contributed by atoms with E-state index in [9.17, 15) is 9.59 Å². The third-order valence-electron chi connectivity index (χ3n) is 4.10. The number of carbonyl (C=O) groups is 2. The molecule has 2 atom stereocenters. The molecule has 23 heavy (non-hydrogen) atoms. The Morgan fingerprint density at radius 1 is 1.39 bits per heavy atom. The zero-order valence-electron chi connectivity index (χ0n) is 14.0. The van der Waals surface area contributed by atoms with Crippen LogP contribution in [-0.4, -0.2) is 49.5 Å². The summed E-state index contributed by atoms with van der Waals surface area (Å²) in [6.45, 7) is 5.82. The SMILES string of the molecule is COc1ccc(C(CC(=O)N2CCNC[C@@H]2C)NC(C)=O)cc1. The molecule has 1 aromatic carbocycles. The van der Waals surface area contributed by atoms with Crippen molar-refractivity contribution in [3.05, 3.63) is 29.8 Å². The third-order valence-corrected chi connectivity index (χ3v) is 4.10. The first-order chi connectivity index (χ1) is 11.0. The number of ether oxygens (including phenoxy) is 1. The van der Waals surface area contributed by atoms with Crippen LogP contribution >= 0.6 is 0 Å². The first-order valence-corrected chi connectivity index (χ1v) is 7.92. The zero-order chi connectivity index (χ0) is 16.8. The molecule has 1 saturated heterocycles. The molecule has 6 heteroatoms. The van der Waals surface area contributed by atoms with Gasteiger partial charge < -0.3 is 20.3 Å². The van der Waals surface area contributed by atoms with Crippen molar-refractivity contribution in [2.45, 2.75) is 32.4 Å². The highest BCUT2D eigenvalue weighted by atomic mass is 16.5. The van der Waals surface area contributed by atoms with Gasteiger partial charge in [0, 0.05) is 32.6 Å². The second-order valence-electron chi connectivity index (χ2n) is 5.87. The molecule has 1 aliphatic rings. The maximum Gasteiger partial charge on any atom is 0.225 e. The minimum Gasteiger partial charge on any atom is -0.497 e. The van der Waals surface area contributed by atoms with E-state index in [2.05, 4.69) is 10.6 Å². The highest BCUT2D eigenvalue weighted by molar-refractivity contribution is 5.79. The molecule has 0 saturated carbocycles. The summed E-state index contributed by atoms with van der Waals surface area (Å²) >= 11 is 0. The molecule has 0 spiro atoms. The van der Waals surface area contributed by atoms with Gasteiger partial charge in [-0.15, -0.1) is 0 Å². The van der Waals surface area contributed by atoms with Gasteiger partial charge in [-0.1, -0.05) is 12.1 Å². The molecule has 2 N–H and O–H groups in total. The average molecular weight is 319 g/mol. The Kier molecular flexibility index (Phi) is 5.98. The molecule has 1 fully saturated rings. The van der Waals surface area contributed by atoms with E-state index in [0.29, 0.717) is 6.54 Å². The lowest BCUT2D eigenvalue weighted by atomic mass is 10.0. The molecular weight excluding hydrogens is 294 g/mol. The van der Waals surface area contributed by atoms with Crippen molar-refractivity contribution in [3.63, 3.8) is 0 Å². The summed E-state index contributed by atoms with van der Waals surface area (Å²) in [6.07, 6.45) is 0.260. The van der Waals surface area contributed by atoms with Gasteiger partial charge in [0.2, 0.25) is 11.8 Å². The molecule has 126 valence electrons. The summed E-state index contributed by atoms with van der Waals surface area (Å²) in [4.78, 5) is 26.0. The van der Waals surface area contributed by atoms with Crippen molar-refractivity contribution in [1.82, 2.24) is 15.5 Å². The first-order valence-electron chi connectivity index (χ1n) is 7.92. The molecule has 1 aliphatic heterocycles. The monoisotopic (exact) mass is 319 g/mol. The molecule has 2 rings (SSSR count). The number of nitrogens with zero attached hydrogens (tertiary/aromatic N) is 1. The van der Waals surface area contributed by atoms with Crippen LogP contribution in [0.3, 0.4) is 0 Å². The van der Waals surface area contributed by atoms with Crippen LogP contribution in [0.1, 0.15) is 31.9 Å². The van der Waals surface area contributed by atoms with E-state index in [0.717, 1.165) is 24.4 Å². The van der Waals surface area contributed by atoms with Crippen LogP contribution in [0.2, 0.25) is 0 Å². The van der Waals surface area contributed by atoms with Gasteiger partial charge in [0.15, 0.2) is 0 Å². The average Bonchev–Trinajstić information content (AvgIpc) is 2.54. The molecule has 6 nitrogen and oxygen atoms in total. The van der Waals surface area contributed by atoms with Crippen molar-refractivity contribution in [2.24, 2.45) is 0 Å². The number of hydrogen-bond acceptors (Lipinski definition) is 4. The number of piperazine rings is 1. The Balaban J connectivity index is 2.10. The molecule has 2 amide bonds. The summed E-state index contributed by atoms with van der Waals surface area (Å²) in [6, 6.07) is 7.28. The van der Waals surface area contributed by atoms with Crippen LogP contribution in [0.25, 0.3) is 0 Å². The molecule has 1 heterocycles. The second kappa shape index (κ2) is 7.97. The minimum absolute atomic E-state index is 0.0635. The normalized spacial score (nSPS) is 19.1. The smallest absolute Gasteiger partial charge is 0.225 e. The molecule has 0 radical (unpaired) electrons. The standard InChI is InChI=1S/C17H25N3O3/c1-12-11-18-8-9-20(12)17(22)10-16(19-13(2)21)14-4-6-15(23-3)7-5-14/h4-7,12,16,18H,8-11H2,1-3H3,(H,19,21)/t12-,16?/m0/s1. The number of rotatable bonds is 5. The second-order valence-corrected chi connectivity index (χ2v) is 5.87. The Hall–Kier alpha value is -2.08. The molecule has 1 unspecified atom stereocenters. The Bertz CT molecular complexity index is 545. The highest BCUT2D eigenvalue weighted by Crippen LogP contribution is 2.22. The van der Waals surface area contributed by atoms with Gasteiger partial charge in [-0.2, -0.15) is 0 Å². The molecule has 0 bridgehead atoms. The highest BCUT2D eigenvalue weighted by Gasteiger charge is 2.26. The van der Waals surface area contributed by atoms with E-state index in [1.54, 1.807) is 7.11 Å². The topological polar surface area (TPSA) is 70.7 Å². The fourth-order valence-electron chi connectivity index (χ4n) is 2.84. The first kappa shape index (κ1) is 17.3. The summed E-state index contributed by atoms with van der Waals surface area (Å²) in [5, 5.41) is 6.15. The van der Waals surface area contributed by atoms with Crippen LogP contribution in [0, 0.1) is 0 Å². The van der Waals surface area contributed by atoms with Gasteiger partial charge in [0.1, 0.15) is 5.75 Å². The van der Waals surface area contributed by atoms with Gasteiger partial charge in [-0.05, 0) is 24.6 Å². The maximum atomic E-state index is 12.6. The van der Waals surface area contributed by atoms with E-state index in [-0.39, 0.29) is 30.3 Å². The number of amides is 2. The van der Waals surface area contributed by atoms with Gasteiger partial charge >= 0.3 is 0 Å². The van der Waals surface area contributed by atoms with Gasteiger partial charge in [0.25, 0.3) is 0 Å².